The molecule has 4 N–H and O–H groups in total. The number of benzene rings is 3. The van der Waals surface area contributed by atoms with Gasteiger partial charge < -0.3 is 20.9 Å². The Morgan fingerprint density at radius 1 is 0.486 bits per heavy atom. The zero-order valence-electron chi connectivity index (χ0n) is 17.5. The number of anilines is 2. The smallest absolute Gasteiger partial charge is 0.420 e. The largest absolute Gasteiger partial charge is 0.456 e. The van der Waals surface area contributed by atoms with Crippen LogP contribution < -0.4 is 20.9 Å². The Labute approximate surface area is 198 Å². The molecule has 4 nitrogen and oxygen atoms in total. The van der Waals surface area contributed by atoms with E-state index in [1.807, 2.05) is 0 Å². The highest BCUT2D eigenvalue weighted by molar-refractivity contribution is 5.54. The number of hydrogen-bond acceptors (Lipinski definition) is 4. The Hall–Kier alpha value is -3.98. The van der Waals surface area contributed by atoms with Crippen molar-refractivity contribution in [1.82, 2.24) is 0 Å². The van der Waals surface area contributed by atoms with Gasteiger partial charge in [0.1, 0.15) is 22.8 Å². The van der Waals surface area contributed by atoms with Crippen LogP contribution in [0.25, 0.3) is 0 Å². The van der Waals surface area contributed by atoms with E-state index in [0.717, 1.165) is 0 Å². The molecule has 0 aliphatic rings. The number of hydrogen-bond donors (Lipinski definition) is 2. The Morgan fingerprint density at radius 3 is 1.24 bits per heavy atom. The van der Waals surface area contributed by atoms with E-state index in [-0.39, 0.29) is 24.3 Å². The van der Waals surface area contributed by atoms with E-state index >= 15 is 0 Å². The molecule has 200 valence electrons. The summed E-state index contributed by atoms with van der Waals surface area (Å²) in [6, 6.07) is 0.826. The summed E-state index contributed by atoms with van der Waals surface area (Å²) in [4.78, 5) is 0. The van der Waals surface area contributed by atoms with Crippen LogP contribution in [0.1, 0.15) is 16.7 Å². The van der Waals surface area contributed by atoms with Crippen LogP contribution in [-0.4, -0.2) is 0 Å². The first kappa shape index (κ1) is 27.6. The van der Waals surface area contributed by atoms with Crippen molar-refractivity contribution in [2.45, 2.75) is 18.5 Å². The predicted molar refractivity (Wildman–Crippen MR) is 103 cm³/mol. The molecule has 3 rings (SSSR count). The number of nitrogens with two attached hydrogens (primary N) is 2. The topological polar surface area (TPSA) is 70.5 Å². The summed E-state index contributed by atoms with van der Waals surface area (Å²) in [5.41, 5.74) is 2.20. The van der Waals surface area contributed by atoms with Crippen molar-refractivity contribution in [3.8, 4) is 23.0 Å². The molecule has 0 heterocycles. The minimum Gasteiger partial charge on any atom is -0.456 e. The van der Waals surface area contributed by atoms with E-state index in [2.05, 4.69) is 0 Å². The molecule has 0 aromatic heterocycles. The van der Waals surface area contributed by atoms with Gasteiger partial charge in [-0.05, 0) is 18.2 Å². The summed E-state index contributed by atoms with van der Waals surface area (Å²) < 4.78 is 170. The van der Waals surface area contributed by atoms with Crippen molar-refractivity contribution in [2.75, 3.05) is 11.5 Å². The van der Waals surface area contributed by atoms with Crippen LogP contribution in [0, 0.1) is 17.5 Å². The van der Waals surface area contributed by atoms with Crippen molar-refractivity contribution in [1.29, 1.82) is 0 Å². The first-order valence-corrected chi connectivity index (χ1v) is 9.38. The van der Waals surface area contributed by atoms with Gasteiger partial charge >= 0.3 is 18.5 Å². The van der Waals surface area contributed by atoms with Crippen molar-refractivity contribution in [2.24, 2.45) is 0 Å². The molecule has 3 aromatic carbocycles. The molecule has 0 saturated heterocycles. The molecule has 0 aliphatic heterocycles. The maximum atomic E-state index is 14.4. The fraction of sp³-hybridized carbons (Fsp3) is 0.143. The molecule has 16 heteroatoms. The van der Waals surface area contributed by atoms with Gasteiger partial charge in [-0.1, -0.05) is 0 Å². The summed E-state index contributed by atoms with van der Waals surface area (Å²) in [7, 11) is 0. The van der Waals surface area contributed by atoms with E-state index in [1.165, 1.54) is 0 Å². The highest BCUT2D eigenvalue weighted by atomic mass is 19.4. The predicted octanol–water partition coefficient (Wildman–Crippen LogP) is 7.91. The zero-order chi connectivity index (χ0) is 28.1. The van der Waals surface area contributed by atoms with Gasteiger partial charge in [-0.25, -0.2) is 13.2 Å². The first-order chi connectivity index (χ1) is 16.8. The van der Waals surface area contributed by atoms with E-state index in [0.29, 0.717) is 12.1 Å². The Bertz CT molecular complexity index is 1350. The second-order valence-electron chi connectivity index (χ2n) is 7.22. The molecule has 0 aliphatic carbocycles. The molecule has 0 spiro atoms. The minimum absolute atomic E-state index is 0.0218. The van der Waals surface area contributed by atoms with Crippen LogP contribution in [0.4, 0.5) is 64.1 Å². The molecule has 0 fully saturated rings. The monoisotopic (exact) mass is 550 g/mol. The second kappa shape index (κ2) is 9.15. The first-order valence-electron chi connectivity index (χ1n) is 9.38. The van der Waals surface area contributed by atoms with Gasteiger partial charge in [0, 0.05) is 18.2 Å². The highest BCUT2D eigenvalue weighted by Gasteiger charge is 2.39. The summed E-state index contributed by atoms with van der Waals surface area (Å²) in [6.07, 6.45) is -16.0. The van der Waals surface area contributed by atoms with E-state index < -0.39 is 87.0 Å². The fourth-order valence-corrected chi connectivity index (χ4v) is 2.94. The molecule has 37 heavy (non-hydrogen) atoms. The van der Waals surface area contributed by atoms with Crippen molar-refractivity contribution in [3.05, 3.63) is 70.5 Å². The highest BCUT2D eigenvalue weighted by Crippen LogP contribution is 2.45. The molecule has 0 atom stereocenters. The van der Waals surface area contributed by atoms with Crippen LogP contribution in [-0.2, 0) is 18.5 Å². The maximum Gasteiger partial charge on any atom is 0.420 e. The molecule has 0 amide bonds. The SMILES string of the molecule is Nc1cc(Oc2cc(Oc3cc(N)c(F)c(C(F)(F)F)c3)c(C(F)(F)F)cc2F)cc(C(F)(F)F)c1F. The number of nitrogen functional groups attached to an aromatic ring is 2. The van der Waals surface area contributed by atoms with Crippen molar-refractivity contribution < 1.29 is 62.2 Å². The van der Waals surface area contributed by atoms with Gasteiger partial charge in [0.2, 0.25) is 0 Å². The van der Waals surface area contributed by atoms with Gasteiger partial charge in [0.25, 0.3) is 0 Å². The molecule has 3 aromatic rings. The van der Waals surface area contributed by atoms with Crippen LogP contribution in [0.15, 0.2) is 36.4 Å². The van der Waals surface area contributed by atoms with E-state index in [4.69, 9.17) is 20.9 Å². The van der Waals surface area contributed by atoms with E-state index in [1.54, 1.807) is 0 Å². The molecule has 0 saturated carbocycles. The lowest BCUT2D eigenvalue weighted by atomic mass is 10.1. The Kier molecular flexibility index (Phi) is 6.83. The summed E-state index contributed by atoms with van der Waals surface area (Å²) in [5, 5.41) is 0. The number of ether oxygens (including phenoxy) is 2. The van der Waals surface area contributed by atoms with Crippen LogP contribution in [0.2, 0.25) is 0 Å². The maximum absolute atomic E-state index is 14.4. The lowest BCUT2D eigenvalue weighted by Gasteiger charge is -2.18. The third kappa shape index (κ3) is 5.89. The average Bonchev–Trinajstić information content (AvgIpc) is 2.72. The average molecular weight is 550 g/mol. The summed E-state index contributed by atoms with van der Waals surface area (Å²) >= 11 is 0. The summed E-state index contributed by atoms with van der Waals surface area (Å²) in [5.74, 6) is -10.3. The molecule has 0 radical (unpaired) electrons. The molecular formula is C21H10F12N2O2. The number of alkyl halides is 9. The molecular weight excluding hydrogens is 540 g/mol. The summed E-state index contributed by atoms with van der Waals surface area (Å²) in [6.45, 7) is 0. The van der Waals surface area contributed by atoms with Gasteiger partial charge in [-0.15, -0.1) is 0 Å². The third-order valence-electron chi connectivity index (χ3n) is 4.55. The normalized spacial score (nSPS) is 12.5. The lowest BCUT2D eigenvalue weighted by molar-refractivity contribution is -0.141. The standard InChI is InChI=1S/C21H10F12N2O2/c22-12-5-9(19(25,26)27)15(36-7-1-10(20(28,29)30)17(23)13(34)3-7)6-16(12)37-8-2-11(21(31,32)33)18(24)14(35)4-8/h1-6H,34-35H2. The van der Waals surface area contributed by atoms with E-state index in [9.17, 15) is 52.7 Å². The van der Waals surface area contributed by atoms with Gasteiger partial charge in [-0.3, -0.25) is 0 Å². The Balaban J connectivity index is 2.13. The fourth-order valence-electron chi connectivity index (χ4n) is 2.94. The number of rotatable bonds is 4. The van der Waals surface area contributed by atoms with Crippen molar-refractivity contribution in [3.63, 3.8) is 0 Å². The quantitative estimate of drug-likeness (QED) is 0.256. The van der Waals surface area contributed by atoms with Crippen molar-refractivity contribution >= 4 is 11.4 Å². The third-order valence-corrected chi connectivity index (χ3v) is 4.55. The second-order valence-corrected chi connectivity index (χ2v) is 7.22. The van der Waals surface area contributed by atoms with Crippen LogP contribution in [0.3, 0.4) is 0 Å². The van der Waals surface area contributed by atoms with Gasteiger partial charge in [0.15, 0.2) is 23.2 Å². The Morgan fingerprint density at radius 2 is 0.865 bits per heavy atom. The number of halogens is 12. The molecule has 0 unspecified atom stereocenters. The lowest BCUT2D eigenvalue weighted by Crippen LogP contribution is -2.12. The van der Waals surface area contributed by atoms with Gasteiger partial charge in [-0.2, -0.15) is 39.5 Å². The van der Waals surface area contributed by atoms with Crippen LogP contribution >= 0.6 is 0 Å². The minimum atomic E-state index is -5.36. The van der Waals surface area contributed by atoms with Crippen LogP contribution in [0.5, 0.6) is 23.0 Å². The van der Waals surface area contributed by atoms with Gasteiger partial charge in [0.05, 0.1) is 22.5 Å². The zero-order valence-corrected chi connectivity index (χ0v) is 17.5. The molecule has 0 bridgehead atoms.